The summed E-state index contributed by atoms with van der Waals surface area (Å²) in [6, 6.07) is 11.3. The van der Waals surface area contributed by atoms with E-state index in [1.807, 2.05) is 12.1 Å². The summed E-state index contributed by atoms with van der Waals surface area (Å²) in [5.41, 5.74) is 3.40. The molecule has 10 heteroatoms. The van der Waals surface area contributed by atoms with Crippen molar-refractivity contribution in [2.75, 3.05) is 13.1 Å². The highest BCUT2D eigenvalue weighted by molar-refractivity contribution is 6.05. The SMILES string of the molecule is O=C1CCC(N2Cc3cc(C4CCN(Cc5cccc(OC(F)(F)F)c5)CC4)ccc3C2=O)C(=O)N1. The van der Waals surface area contributed by atoms with E-state index in [-0.39, 0.29) is 24.0 Å². The van der Waals surface area contributed by atoms with E-state index in [1.54, 1.807) is 17.0 Å². The average Bonchev–Trinajstić information content (AvgIpc) is 3.14. The van der Waals surface area contributed by atoms with Gasteiger partial charge in [-0.05, 0) is 73.2 Å². The Morgan fingerprint density at radius 3 is 2.50 bits per heavy atom. The van der Waals surface area contributed by atoms with Gasteiger partial charge < -0.3 is 9.64 Å². The van der Waals surface area contributed by atoms with E-state index in [0.29, 0.717) is 31.0 Å². The van der Waals surface area contributed by atoms with Crippen LogP contribution in [0.25, 0.3) is 0 Å². The predicted octanol–water partition coefficient (Wildman–Crippen LogP) is 3.73. The highest BCUT2D eigenvalue weighted by atomic mass is 19.4. The zero-order chi connectivity index (χ0) is 25.4. The first kappa shape index (κ1) is 24.3. The van der Waals surface area contributed by atoms with Crippen molar-refractivity contribution in [1.29, 1.82) is 0 Å². The molecule has 0 aromatic heterocycles. The summed E-state index contributed by atoms with van der Waals surface area (Å²) in [6.45, 7) is 2.49. The van der Waals surface area contributed by atoms with Gasteiger partial charge in [0.15, 0.2) is 0 Å². The Balaban J connectivity index is 1.19. The summed E-state index contributed by atoms with van der Waals surface area (Å²) in [6.07, 6.45) is -2.37. The molecule has 190 valence electrons. The molecule has 0 spiro atoms. The molecule has 2 aromatic rings. The van der Waals surface area contributed by atoms with Gasteiger partial charge in [-0.1, -0.05) is 24.3 Å². The first-order valence-corrected chi connectivity index (χ1v) is 12.0. The molecule has 0 radical (unpaired) electrons. The minimum atomic E-state index is -4.71. The molecule has 36 heavy (non-hydrogen) atoms. The number of halogens is 3. The number of likely N-dealkylation sites (tertiary alicyclic amines) is 1. The standard InChI is InChI=1S/C26H26F3N3O4/c27-26(28,29)36-20-3-1-2-16(12-20)14-31-10-8-17(9-11-31)18-4-5-21-19(13-18)15-32(25(21)35)22-6-7-23(33)30-24(22)34/h1-5,12-13,17,22H,6-11,14-15H2,(H,30,33,34). The first-order valence-electron chi connectivity index (χ1n) is 12.0. The van der Waals surface area contributed by atoms with Crippen LogP contribution in [0.3, 0.4) is 0 Å². The second kappa shape index (κ2) is 9.57. The number of nitrogens with one attached hydrogen (secondary N) is 1. The minimum Gasteiger partial charge on any atom is -0.406 e. The van der Waals surface area contributed by atoms with Crippen LogP contribution in [-0.2, 0) is 22.7 Å². The predicted molar refractivity (Wildman–Crippen MR) is 123 cm³/mol. The van der Waals surface area contributed by atoms with Crippen LogP contribution in [0.4, 0.5) is 13.2 Å². The van der Waals surface area contributed by atoms with Gasteiger partial charge in [0.25, 0.3) is 5.91 Å². The number of benzene rings is 2. The molecule has 3 heterocycles. The topological polar surface area (TPSA) is 79.0 Å². The highest BCUT2D eigenvalue weighted by Crippen LogP contribution is 2.34. The number of rotatable bonds is 5. The van der Waals surface area contributed by atoms with Crippen LogP contribution in [0.5, 0.6) is 5.75 Å². The molecule has 1 atom stereocenters. The fraction of sp³-hybridized carbons (Fsp3) is 0.423. The van der Waals surface area contributed by atoms with Gasteiger partial charge >= 0.3 is 6.36 Å². The van der Waals surface area contributed by atoms with Crippen molar-refractivity contribution < 1.29 is 32.3 Å². The molecule has 3 amide bonds. The van der Waals surface area contributed by atoms with Crippen molar-refractivity contribution in [1.82, 2.24) is 15.1 Å². The van der Waals surface area contributed by atoms with Crippen molar-refractivity contribution in [2.24, 2.45) is 0 Å². The average molecular weight is 502 g/mol. The second-order valence-electron chi connectivity index (χ2n) is 9.56. The van der Waals surface area contributed by atoms with Gasteiger partial charge in [0.05, 0.1) is 0 Å². The molecule has 7 nitrogen and oxygen atoms in total. The number of hydrogen-bond acceptors (Lipinski definition) is 5. The van der Waals surface area contributed by atoms with Gasteiger partial charge in [-0.3, -0.25) is 24.6 Å². The summed E-state index contributed by atoms with van der Waals surface area (Å²) >= 11 is 0. The molecule has 2 aromatic carbocycles. The molecule has 0 bridgehead atoms. The van der Waals surface area contributed by atoms with Gasteiger partial charge in [-0.25, -0.2) is 0 Å². The third-order valence-corrected chi connectivity index (χ3v) is 7.14. The summed E-state index contributed by atoms with van der Waals surface area (Å²) in [5, 5.41) is 2.32. The van der Waals surface area contributed by atoms with Crippen LogP contribution in [0.1, 0.15) is 58.6 Å². The summed E-state index contributed by atoms with van der Waals surface area (Å²) in [5.74, 6) is -0.815. The summed E-state index contributed by atoms with van der Waals surface area (Å²) < 4.78 is 41.5. The lowest BCUT2D eigenvalue weighted by Crippen LogP contribution is -2.52. The Bertz CT molecular complexity index is 1190. The van der Waals surface area contributed by atoms with Crippen molar-refractivity contribution >= 4 is 17.7 Å². The van der Waals surface area contributed by atoms with Crippen LogP contribution < -0.4 is 10.1 Å². The number of hydrogen-bond donors (Lipinski definition) is 1. The van der Waals surface area contributed by atoms with E-state index in [1.165, 1.54) is 12.1 Å². The smallest absolute Gasteiger partial charge is 0.406 e. The van der Waals surface area contributed by atoms with Crippen molar-refractivity contribution in [3.8, 4) is 5.75 Å². The molecule has 1 unspecified atom stereocenters. The zero-order valence-electron chi connectivity index (χ0n) is 19.5. The number of piperidine rings is 2. The zero-order valence-corrected chi connectivity index (χ0v) is 19.5. The number of imide groups is 1. The lowest BCUT2D eigenvalue weighted by atomic mass is 9.87. The van der Waals surface area contributed by atoms with Gasteiger partial charge in [-0.15, -0.1) is 13.2 Å². The quantitative estimate of drug-likeness (QED) is 0.632. The Morgan fingerprint density at radius 2 is 1.78 bits per heavy atom. The Hall–Kier alpha value is -3.40. The molecule has 0 saturated carbocycles. The van der Waals surface area contributed by atoms with E-state index in [0.717, 1.165) is 42.6 Å². The van der Waals surface area contributed by atoms with E-state index < -0.39 is 18.3 Å². The fourth-order valence-corrected chi connectivity index (χ4v) is 5.37. The highest BCUT2D eigenvalue weighted by Gasteiger charge is 2.39. The maximum absolute atomic E-state index is 12.9. The molecule has 0 aliphatic carbocycles. The Labute approximate surface area is 206 Å². The van der Waals surface area contributed by atoms with Crippen LogP contribution >= 0.6 is 0 Å². The van der Waals surface area contributed by atoms with E-state index in [2.05, 4.69) is 21.0 Å². The number of carbonyl (C=O) groups is 3. The Morgan fingerprint density at radius 1 is 1.00 bits per heavy atom. The summed E-state index contributed by atoms with van der Waals surface area (Å²) in [4.78, 5) is 40.4. The molecule has 5 rings (SSSR count). The normalized spacial score (nSPS) is 21.5. The van der Waals surface area contributed by atoms with Crippen LogP contribution in [0.2, 0.25) is 0 Å². The lowest BCUT2D eigenvalue weighted by molar-refractivity contribution is -0.274. The molecular formula is C26H26F3N3O4. The maximum atomic E-state index is 12.9. The fourth-order valence-electron chi connectivity index (χ4n) is 5.37. The number of fused-ring (bicyclic) bond motifs is 1. The molecular weight excluding hydrogens is 475 g/mol. The number of ether oxygens (including phenoxy) is 1. The van der Waals surface area contributed by atoms with Crippen molar-refractivity contribution in [3.63, 3.8) is 0 Å². The monoisotopic (exact) mass is 501 g/mol. The van der Waals surface area contributed by atoms with Crippen LogP contribution in [0.15, 0.2) is 42.5 Å². The van der Waals surface area contributed by atoms with Crippen molar-refractivity contribution in [3.05, 3.63) is 64.7 Å². The third-order valence-electron chi connectivity index (χ3n) is 7.14. The first-order chi connectivity index (χ1) is 17.2. The molecule has 2 saturated heterocycles. The lowest BCUT2D eigenvalue weighted by Gasteiger charge is -2.32. The molecule has 3 aliphatic heterocycles. The Kier molecular flexibility index (Phi) is 6.46. The molecule has 1 N–H and O–H groups in total. The third kappa shape index (κ3) is 5.23. The number of carbonyl (C=O) groups excluding carboxylic acids is 3. The summed E-state index contributed by atoms with van der Waals surface area (Å²) in [7, 11) is 0. The second-order valence-corrected chi connectivity index (χ2v) is 9.56. The van der Waals surface area contributed by atoms with Gasteiger partial charge in [0.2, 0.25) is 11.8 Å². The number of alkyl halides is 3. The molecule has 3 aliphatic rings. The van der Waals surface area contributed by atoms with Gasteiger partial charge in [0, 0.05) is 25.1 Å². The van der Waals surface area contributed by atoms with Gasteiger partial charge in [0.1, 0.15) is 11.8 Å². The number of amides is 3. The van der Waals surface area contributed by atoms with E-state index in [4.69, 9.17) is 0 Å². The molecule has 2 fully saturated rings. The number of nitrogens with zero attached hydrogens (tertiary/aromatic N) is 2. The van der Waals surface area contributed by atoms with Crippen molar-refractivity contribution in [2.45, 2.75) is 57.1 Å². The van der Waals surface area contributed by atoms with Crippen LogP contribution in [0, 0.1) is 0 Å². The van der Waals surface area contributed by atoms with E-state index in [9.17, 15) is 27.6 Å². The van der Waals surface area contributed by atoms with E-state index >= 15 is 0 Å². The van der Waals surface area contributed by atoms with Gasteiger partial charge in [-0.2, -0.15) is 0 Å². The minimum absolute atomic E-state index is 0.183. The van der Waals surface area contributed by atoms with Crippen LogP contribution in [-0.4, -0.2) is 53.0 Å². The largest absolute Gasteiger partial charge is 0.573 e. The maximum Gasteiger partial charge on any atom is 0.573 e.